The highest BCUT2D eigenvalue weighted by Crippen LogP contribution is 2.43. The van der Waals surface area contributed by atoms with Crippen molar-refractivity contribution in [3.05, 3.63) is 94.2 Å². The van der Waals surface area contributed by atoms with Crippen molar-refractivity contribution < 1.29 is 34.1 Å². The number of hydrogen-bond donors (Lipinski definition) is 5. The maximum atomic E-state index is 14.4. The molecule has 2 saturated heterocycles. The van der Waals surface area contributed by atoms with Gasteiger partial charge in [-0.15, -0.1) is 10.2 Å². The molecule has 23 nitrogen and oxygen atoms in total. The number of carboxylic acid groups (broad SMARTS) is 1. The summed E-state index contributed by atoms with van der Waals surface area (Å²) >= 11 is 0. The molecular weight excluding hydrogens is 963 g/mol. The van der Waals surface area contributed by atoms with Crippen LogP contribution in [0.3, 0.4) is 0 Å². The molecule has 6 heterocycles. The standard InChI is InChI=1S/C52H63N15O8/c1-5-32(4)46(67-29-34(58-61-67)8-6-7-16-53)48(72)63-19-23-65(24-20-63)52-56-50(55-51(57-52)64-21-17-62(18-22-64)47(71)45(31(2)3)66-30-35(15-25-68)59-60-66)54-33-9-12-38(41(26-33)49(73)74)44-39-13-10-36(69)27-42(39)75-43-28-37(70)11-14-40(43)44/h9-14,26-32,45-46,68-69H,5-8,15-25,53H2,1-4H3,(H,73,74)(H,54,55,56,57)/t32-,45-,46-/m0/s1. The number of aromatic nitrogens is 9. The van der Waals surface area contributed by atoms with Crippen LogP contribution in [0, 0.1) is 11.8 Å². The molecule has 3 aliphatic heterocycles. The van der Waals surface area contributed by atoms with Gasteiger partial charge in [-0.3, -0.25) is 14.4 Å². The Morgan fingerprint density at radius 2 is 1.36 bits per heavy atom. The van der Waals surface area contributed by atoms with E-state index in [1.807, 2.05) is 41.7 Å². The van der Waals surface area contributed by atoms with Gasteiger partial charge >= 0.3 is 5.97 Å². The van der Waals surface area contributed by atoms with Crippen molar-refractivity contribution >= 4 is 52.3 Å². The molecule has 1 aliphatic carbocycles. The van der Waals surface area contributed by atoms with Crippen LogP contribution in [0.2, 0.25) is 0 Å². The zero-order valence-corrected chi connectivity index (χ0v) is 42.5. The van der Waals surface area contributed by atoms with E-state index < -0.39 is 18.1 Å². The van der Waals surface area contributed by atoms with E-state index in [0.717, 1.165) is 31.4 Å². The fraction of sp³-hybridized carbons (Fsp3) is 0.442. The number of aliphatic hydroxyl groups is 1. The number of phenolic OH excluding ortho intramolecular Hbond substituents is 1. The van der Waals surface area contributed by atoms with Gasteiger partial charge in [0.25, 0.3) is 0 Å². The van der Waals surface area contributed by atoms with Crippen molar-refractivity contribution in [2.45, 2.75) is 71.9 Å². The average Bonchev–Trinajstić information content (AvgIpc) is 4.08. The van der Waals surface area contributed by atoms with Gasteiger partial charge in [0.15, 0.2) is 5.43 Å². The first-order valence-electron chi connectivity index (χ1n) is 25.5. The molecule has 0 spiro atoms. The first-order valence-corrected chi connectivity index (χ1v) is 25.5. The van der Waals surface area contributed by atoms with Gasteiger partial charge in [-0.2, -0.15) is 15.0 Å². The van der Waals surface area contributed by atoms with E-state index in [-0.39, 0.29) is 64.3 Å². The zero-order valence-electron chi connectivity index (χ0n) is 42.5. The quantitative estimate of drug-likeness (QED) is 0.0555. The number of aliphatic hydroxyl groups excluding tert-OH is 1. The van der Waals surface area contributed by atoms with Gasteiger partial charge in [0, 0.05) is 112 Å². The highest BCUT2D eigenvalue weighted by Gasteiger charge is 2.36. The lowest BCUT2D eigenvalue weighted by atomic mass is 9.90. The lowest BCUT2D eigenvalue weighted by Gasteiger charge is -2.38. The number of carbonyl (C=O) groups is 3. The summed E-state index contributed by atoms with van der Waals surface area (Å²) < 4.78 is 9.30. The van der Waals surface area contributed by atoms with Gasteiger partial charge < -0.3 is 50.4 Å². The molecule has 394 valence electrons. The highest BCUT2D eigenvalue weighted by molar-refractivity contribution is 6.08. The summed E-state index contributed by atoms with van der Waals surface area (Å²) in [7, 11) is 0. The molecule has 75 heavy (non-hydrogen) atoms. The van der Waals surface area contributed by atoms with Gasteiger partial charge in [-0.1, -0.05) is 50.6 Å². The number of rotatable bonds is 19. The number of nitrogens with zero attached hydrogens (tertiary/aromatic N) is 13. The van der Waals surface area contributed by atoms with Crippen LogP contribution in [-0.4, -0.2) is 153 Å². The number of hydrogen-bond acceptors (Lipinski definition) is 18. The van der Waals surface area contributed by atoms with Crippen molar-refractivity contribution in [1.29, 1.82) is 0 Å². The number of aromatic hydroxyl groups is 1. The van der Waals surface area contributed by atoms with Crippen LogP contribution in [0.25, 0.3) is 33.4 Å². The summed E-state index contributed by atoms with van der Waals surface area (Å²) in [6.07, 6.45) is 7.17. The van der Waals surface area contributed by atoms with E-state index in [9.17, 15) is 34.5 Å². The molecule has 0 radical (unpaired) electrons. The minimum absolute atomic E-state index is 0.00717. The second kappa shape index (κ2) is 22.6. The molecule has 0 saturated carbocycles. The van der Waals surface area contributed by atoms with Crippen LogP contribution in [-0.2, 0) is 22.4 Å². The van der Waals surface area contributed by atoms with Crippen LogP contribution >= 0.6 is 0 Å². The Kier molecular flexibility index (Phi) is 15.6. The van der Waals surface area contributed by atoms with Gasteiger partial charge in [0.05, 0.1) is 17.0 Å². The first kappa shape index (κ1) is 51.8. The van der Waals surface area contributed by atoms with Gasteiger partial charge in [0.2, 0.25) is 29.7 Å². The third kappa shape index (κ3) is 11.2. The number of aryl methyl sites for hydroxylation is 1. The molecule has 3 aromatic heterocycles. The maximum Gasteiger partial charge on any atom is 0.336 e. The van der Waals surface area contributed by atoms with E-state index in [4.69, 9.17) is 25.1 Å². The molecular formula is C52H63N15O8. The number of carboxylic acids is 1. The molecule has 5 aromatic rings. The van der Waals surface area contributed by atoms with Crippen LogP contribution in [0.1, 0.15) is 80.8 Å². The molecule has 9 rings (SSSR count). The van der Waals surface area contributed by atoms with Crippen molar-refractivity contribution in [1.82, 2.24) is 54.7 Å². The molecule has 2 aromatic carbocycles. The number of anilines is 4. The molecule has 2 fully saturated rings. The normalized spacial score (nSPS) is 15.5. The fourth-order valence-corrected chi connectivity index (χ4v) is 9.85. The molecule has 0 bridgehead atoms. The minimum Gasteiger partial charge on any atom is -0.508 e. The number of phenols is 1. The number of amides is 2. The number of aromatic carboxylic acids is 1. The van der Waals surface area contributed by atoms with Gasteiger partial charge in [-0.05, 0) is 79.6 Å². The Labute approximate surface area is 432 Å². The first-order chi connectivity index (χ1) is 36.2. The molecule has 2 amide bonds. The minimum atomic E-state index is -1.22. The maximum absolute atomic E-state index is 14.4. The van der Waals surface area contributed by atoms with Gasteiger partial charge in [0.1, 0.15) is 29.2 Å². The number of benzene rings is 3. The Morgan fingerprint density at radius 1 is 0.747 bits per heavy atom. The number of carbonyl (C=O) groups excluding carboxylic acids is 2. The predicted molar refractivity (Wildman–Crippen MR) is 279 cm³/mol. The van der Waals surface area contributed by atoms with Crippen LogP contribution < -0.4 is 26.3 Å². The third-order valence-corrected chi connectivity index (χ3v) is 14.1. The number of fused-ring (bicyclic) bond motifs is 2. The van der Waals surface area contributed by atoms with E-state index in [2.05, 4.69) is 32.9 Å². The topological polar surface area (TPSA) is 293 Å². The molecule has 6 N–H and O–H groups in total. The largest absolute Gasteiger partial charge is 0.508 e. The summed E-state index contributed by atoms with van der Waals surface area (Å²) in [4.78, 5) is 76.5. The average molecular weight is 1030 g/mol. The number of nitrogens with one attached hydrogen (secondary N) is 1. The van der Waals surface area contributed by atoms with Crippen LogP contribution in [0.4, 0.5) is 23.5 Å². The van der Waals surface area contributed by atoms with Crippen LogP contribution in [0.15, 0.2) is 76.2 Å². The molecule has 3 atom stereocenters. The number of nitrogens with two attached hydrogens (primary N) is 1. The third-order valence-electron chi connectivity index (χ3n) is 14.1. The Balaban J connectivity index is 1.00. The summed E-state index contributed by atoms with van der Waals surface area (Å²) in [6.45, 7) is 11.6. The van der Waals surface area contributed by atoms with Crippen molar-refractivity contribution in [2.24, 2.45) is 17.6 Å². The zero-order chi connectivity index (χ0) is 52.9. The van der Waals surface area contributed by atoms with E-state index in [1.165, 1.54) is 30.3 Å². The Morgan fingerprint density at radius 3 is 1.96 bits per heavy atom. The van der Waals surface area contributed by atoms with Crippen molar-refractivity contribution in [3.8, 4) is 28.2 Å². The van der Waals surface area contributed by atoms with E-state index in [0.29, 0.717) is 111 Å². The summed E-state index contributed by atoms with van der Waals surface area (Å²) in [5.74, 6) is -0.478. The second-order valence-corrected chi connectivity index (χ2v) is 19.5. The van der Waals surface area contributed by atoms with E-state index in [1.54, 1.807) is 44.7 Å². The van der Waals surface area contributed by atoms with E-state index >= 15 is 0 Å². The lowest BCUT2D eigenvalue weighted by Crippen LogP contribution is -2.52. The monoisotopic (exact) mass is 1030 g/mol. The summed E-state index contributed by atoms with van der Waals surface area (Å²) in [6, 6.07) is 12.6. The summed E-state index contributed by atoms with van der Waals surface area (Å²) in [5.41, 5.74) is 8.75. The number of unbranched alkanes of at least 4 members (excludes halogenated alkanes) is 1. The highest BCUT2D eigenvalue weighted by atomic mass is 16.4. The second-order valence-electron chi connectivity index (χ2n) is 19.5. The Bertz CT molecular complexity index is 3190. The smallest absolute Gasteiger partial charge is 0.336 e. The Hall–Kier alpha value is -8.05. The molecule has 0 unspecified atom stereocenters. The van der Waals surface area contributed by atoms with Crippen molar-refractivity contribution in [3.63, 3.8) is 0 Å². The predicted octanol–water partition coefficient (Wildman–Crippen LogP) is 4.38. The van der Waals surface area contributed by atoms with Crippen molar-refractivity contribution in [2.75, 3.05) is 80.6 Å². The molecule has 4 aliphatic rings. The lowest BCUT2D eigenvalue weighted by molar-refractivity contribution is -0.137. The summed E-state index contributed by atoms with van der Waals surface area (Å²) in [5, 5.41) is 51.5. The molecule has 23 heteroatoms. The SMILES string of the molecule is CC[C@H](C)[C@@H](C(=O)N1CCN(c2nc(Nc3ccc(-c4c5ccc(=O)cc-5oc5cc(O)ccc45)c(C(=O)O)c3)nc(N3CCN(C(=O)[C@H](C(C)C)n4cc(CCO)nn4)CC3)n2)CC1)n1cc(CCCCN)nn1. The fourth-order valence-electron chi connectivity index (χ4n) is 9.85. The van der Waals surface area contributed by atoms with Gasteiger partial charge in [-0.25, -0.2) is 14.2 Å². The van der Waals surface area contributed by atoms with Crippen LogP contribution in [0.5, 0.6) is 5.75 Å². The number of piperazine rings is 2.